The van der Waals surface area contributed by atoms with Gasteiger partial charge in [0.25, 0.3) is 5.91 Å². The van der Waals surface area contributed by atoms with Gasteiger partial charge in [0.15, 0.2) is 0 Å². The second-order valence-corrected chi connectivity index (χ2v) is 7.88. The molecule has 1 N–H and O–H groups in total. The van der Waals surface area contributed by atoms with Crippen LogP contribution in [0.5, 0.6) is 0 Å². The second kappa shape index (κ2) is 8.34. The van der Waals surface area contributed by atoms with Gasteiger partial charge in [-0.05, 0) is 30.5 Å². The zero-order valence-corrected chi connectivity index (χ0v) is 14.4. The van der Waals surface area contributed by atoms with E-state index in [0.717, 1.165) is 38.4 Å². The maximum Gasteiger partial charge on any atom is 0.255 e. The Balaban J connectivity index is 1.93. The molecule has 0 aromatic heterocycles. The predicted octanol–water partition coefficient (Wildman–Crippen LogP) is 1.87. The van der Waals surface area contributed by atoms with Crippen LogP contribution in [-0.2, 0) is 14.8 Å². The summed E-state index contributed by atoms with van der Waals surface area (Å²) < 4.78 is 38.0. The number of hydrogen-bond donors (Lipinski definition) is 1. The number of carbonyl (C=O) groups is 1. The highest BCUT2D eigenvalue weighted by Gasteiger charge is 2.29. The molecular weight excluding hydrogens is 333 g/mol. The lowest BCUT2D eigenvalue weighted by molar-refractivity contribution is -0.121. The molecule has 2 rings (SSSR count). The largest absolute Gasteiger partial charge is 0.272 e. The summed E-state index contributed by atoms with van der Waals surface area (Å²) in [6.45, 7) is -0.246. The van der Waals surface area contributed by atoms with Gasteiger partial charge in [0.1, 0.15) is 5.82 Å². The van der Waals surface area contributed by atoms with Gasteiger partial charge in [-0.25, -0.2) is 18.2 Å². The van der Waals surface area contributed by atoms with E-state index in [4.69, 9.17) is 0 Å². The Morgan fingerprint density at radius 2 is 1.92 bits per heavy atom. The number of hydrazone groups is 1. The molecule has 6 nitrogen and oxygen atoms in total. The van der Waals surface area contributed by atoms with E-state index >= 15 is 0 Å². The van der Waals surface area contributed by atoms with Gasteiger partial charge in [0, 0.05) is 6.04 Å². The zero-order valence-electron chi connectivity index (χ0n) is 13.6. The molecule has 0 atom stereocenters. The molecule has 1 aliphatic rings. The lowest BCUT2D eigenvalue weighted by atomic mass is 9.95. The first-order valence-electron chi connectivity index (χ1n) is 7.90. The monoisotopic (exact) mass is 355 g/mol. The Labute approximate surface area is 141 Å². The first-order valence-corrected chi connectivity index (χ1v) is 9.75. The molecule has 1 saturated carbocycles. The van der Waals surface area contributed by atoms with Gasteiger partial charge in [-0.3, -0.25) is 4.79 Å². The molecule has 1 aliphatic carbocycles. The minimum absolute atomic E-state index is 0.124. The van der Waals surface area contributed by atoms with Crippen molar-refractivity contribution in [3.05, 3.63) is 35.6 Å². The van der Waals surface area contributed by atoms with E-state index in [2.05, 4.69) is 10.5 Å². The van der Waals surface area contributed by atoms with E-state index in [-0.39, 0.29) is 18.4 Å². The van der Waals surface area contributed by atoms with Crippen molar-refractivity contribution in [1.29, 1.82) is 0 Å². The predicted molar refractivity (Wildman–Crippen MR) is 90.6 cm³/mol. The molecule has 1 fully saturated rings. The fraction of sp³-hybridized carbons (Fsp3) is 0.500. The fourth-order valence-corrected chi connectivity index (χ4v) is 3.89. The van der Waals surface area contributed by atoms with Crippen LogP contribution in [0, 0.1) is 5.82 Å². The van der Waals surface area contributed by atoms with Gasteiger partial charge in [-0.1, -0.05) is 31.4 Å². The van der Waals surface area contributed by atoms with Gasteiger partial charge in [-0.15, -0.1) is 0 Å². The van der Waals surface area contributed by atoms with Crippen LogP contribution in [0.3, 0.4) is 0 Å². The van der Waals surface area contributed by atoms with Crippen molar-refractivity contribution in [2.45, 2.75) is 38.1 Å². The van der Waals surface area contributed by atoms with Crippen LogP contribution in [0.15, 0.2) is 29.4 Å². The smallest absolute Gasteiger partial charge is 0.255 e. The molecule has 0 saturated heterocycles. The SMILES string of the molecule is CS(=O)(=O)N(CC(=O)N/N=C/c1ccc(F)cc1)C1CCCCC1. The average molecular weight is 355 g/mol. The summed E-state index contributed by atoms with van der Waals surface area (Å²) in [4.78, 5) is 12.0. The third kappa shape index (κ3) is 5.68. The van der Waals surface area contributed by atoms with Gasteiger partial charge in [0.2, 0.25) is 10.0 Å². The van der Waals surface area contributed by atoms with Crippen LogP contribution < -0.4 is 5.43 Å². The molecule has 0 heterocycles. The standard InChI is InChI=1S/C16H22FN3O3S/c1-24(22,23)20(15-5-3-2-4-6-15)12-16(21)19-18-11-13-7-9-14(17)10-8-13/h7-11,15H,2-6,12H2,1H3,(H,19,21)/b18-11+. The van der Waals surface area contributed by atoms with Crippen molar-refractivity contribution < 1.29 is 17.6 Å². The maximum absolute atomic E-state index is 12.8. The van der Waals surface area contributed by atoms with Crippen molar-refractivity contribution in [2.24, 2.45) is 5.10 Å². The number of benzene rings is 1. The third-order valence-electron chi connectivity index (χ3n) is 3.98. The summed E-state index contributed by atoms with van der Waals surface area (Å²) in [5.74, 6) is -0.850. The van der Waals surface area contributed by atoms with Crippen LogP contribution in [0.1, 0.15) is 37.7 Å². The Morgan fingerprint density at radius 1 is 1.29 bits per heavy atom. The van der Waals surface area contributed by atoms with Crippen LogP contribution in [0.2, 0.25) is 0 Å². The van der Waals surface area contributed by atoms with Gasteiger partial charge >= 0.3 is 0 Å². The number of nitrogens with one attached hydrogen (secondary N) is 1. The Morgan fingerprint density at radius 3 is 2.50 bits per heavy atom. The number of carbonyl (C=O) groups excluding carboxylic acids is 1. The third-order valence-corrected chi connectivity index (χ3v) is 5.26. The normalized spacial score (nSPS) is 16.6. The highest BCUT2D eigenvalue weighted by Crippen LogP contribution is 2.24. The highest BCUT2D eigenvalue weighted by atomic mass is 32.2. The molecular formula is C16H22FN3O3S. The molecule has 1 aromatic rings. The zero-order chi connectivity index (χ0) is 17.6. The molecule has 1 amide bonds. The summed E-state index contributed by atoms with van der Waals surface area (Å²) in [7, 11) is -3.46. The average Bonchev–Trinajstić information content (AvgIpc) is 2.54. The van der Waals surface area contributed by atoms with Gasteiger partial charge in [0.05, 0.1) is 19.0 Å². The van der Waals surface area contributed by atoms with Crippen LogP contribution in [-0.4, -0.2) is 43.7 Å². The topological polar surface area (TPSA) is 78.8 Å². The molecule has 0 unspecified atom stereocenters. The van der Waals surface area contributed by atoms with Gasteiger partial charge < -0.3 is 0 Å². The molecule has 24 heavy (non-hydrogen) atoms. The minimum Gasteiger partial charge on any atom is -0.272 e. The molecule has 0 radical (unpaired) electrons. The number of sulfonamides is 1. The second-order valence-electron chi connectivity index (χ2n) is 5.94. The lowest BCUT2D eigenvalue weighted by Crippen LogP contribution is -2.45. The summed E-state index contributed by atoms with van der Waals surface area (Å²) in [6.07, 6.45) is 7.10. The highest BCUT2D eigenvalue weighted by molar-refractivity contribution is 7.88. The van der Waals surface area contributed by atoms with Crippen molar-refractivity contribution in [2.75, 3.05) is 12.8 Å². The van der Waals surface area contributed by atoms with E-state index in [9.17, 15) is 17.6 Å². The Bertz CT molecular complexity index is 683. The van der Waals surface area contributed by atoms with Crippen LogP contribution in [0.4, 0.5) is 4.39 Å². The molecule has 0 bridgehead atoms. The number of halogens is 1. The van der Waals surface area contributed by atoms with E-state index in [1.165, 1.54) is 34.8 Å². The van der Waals surface area contributed by atoms with E-state index in [1.54, 1.807) is 0 Å². The molecule has 0 spiro atoms. The summed E-state index contributed by atoms with van der Waals surface area (Å²) in [5.41, 5.74) is 2.95. The van der Waals surface area contributed by atoms with Crippen LogP contribution in [0.25, 0.3) is 0 Å². The van der Waals surface area contributed by atoms with E-state index < -0.39 is 15.9 Å². The van der Waals surface area contributed by atoms with Crippen molar-refractivity contribution in [3.63, 3.8) is 0 Å². The number of hydrogen-bond acceptors (Lipinski definition) is 4. The quantitative estimate of drug-likeness (QED) is 0.625. The number of rotatable bonds is 6. The van der Waals surface area contributed by atoms with E-state index in [1.807, 2.05) is 0 Å². The molecule has 0 aliphatic heterocycles. The molecule has 8 heteroatoms. The lowest BCUT2D eigenvalue weighted by Gasteiger charge is -2.31. The number of nitrogens with zero attached hydrogens (tertiary/aromatic N) is 2. The number of amides is 1. The van der Waals surface area contributed by atoms with E-state index in [0.29, 0.717) is 5.56 Å². The minimum atomic E-state index is -3.46. The van der Waals surface area contributed by atoms with Crippen molar-refractivity contribution >= 4 is 22.1 Å². The fourth-order valence-electron chi connectivity index (χ4n) is 2.79. The first kappa shape index (κ1) is 18.5. The van der Waals surface area contributed by atoms with Gasteiger partial charge in [-0.2, -0.15) is 9.41 Å². The van der Waals surface area contributed by atoms with Crippen LogP contribution >= 0.6 is 0 Å². The first-order chi connectivity index (χ1) is 11.4. The Hall–Kier alpha value is -1.80. The summed E-state index contributed by atoms with van der Waals surface area (Å²) in [6, 6.07) is 5.50. The maximum atomic E-state index is 12.8. The van der Waals surface area contributed by atoms with Crippen molar-refractivity contribution in [1.82, 2.24) is 9.73 Å². The van der Waals surface area contributed by atoms with Crippen molar-refractivity contribution in [3.8, 4) is 0 Å². The Kier molecular flexibility index (Phi) is 6.44. The summed E-state index contributed by atoms with van der Waals surface area (Å²) in [5, 5.41) is 3.78. The molecule has 132 valence electrons. The summed E-state index contributed by atoms with van der Waals surface area (Å²) >= 11 is 0. The molecule has 1 aromatic carbocycles.